The van der Waals surface area contributed by atoms with Crippen LogP contribution in [0.25, 0.3) is 0 Å². The summed E-state index contributed by atoms with van der Waals surface area (Å²) in [5, 5.41) is 2.17. The van der Waals surface area contributed by atoms with Crippen LogP contribution >= 0.6 is 0 Å². The molecule has 0 atom stereocenters. The predicted molar refractivity (Wildman–Crippen MR) is 35.5 cm³/mol. The highest BCUT2D eigenvalue weighted by Crippen LogP contribution is 1.90. The number of hydrogen-bond acceptors (Lipinski definition) is 3. The van der Waals surface area contributed by atoms with Crippen LogP contribution < -0.4 is 5.32 Å². The van der Waals surface area contributed by atoms with Gasteiger partial charge in [-0.05, 0) is 6.42 Å². The minimum absolute atomic E-state index is 0.285. The Bertz CT molecular complexity index is 133. The van der Waals surface area contributed by atoms with Crippen molar-refractivity contribution >= 4 is 12.1 Å². The molecule has 0 unspecified atom stereocenters. The average molecular weight is 145 g/mol. The van der Waals surface area contributed by atoms with E-state index in [2.05, 4.69) is 10.1 Å². The van der Waals surface area contributed by atoms with Crippen LogP contribution in [0.4, 0.5) is 4.79 Å². The number of ether oxygens (including phenoxy) is 1. The Morgan fingerprint density at radius 3 is 2.50 bits per heavy atom. The van der Waals surface area contributed by atoms with Crippen LogP contribution in [0.15, 0.2) is 0 Å². The van der Waals surface area contributed by atoms with Crippen molar-refractivity contribution in [2.45, 2.75) is 19.8 Å². The SMILES string of the molecule is CCCC(=O)OC(=O)NC. The summed E-state index contributed by atoms with van der Waals surface area (Å²) in [6.07, 6.45) is 0.280. The number of amides is 1. The molecular weight excluding hydrogens is 134 g/mol. The zero-order valence-electron chi connectivity index (χ0n) is 6.14. The van der Waals surface area contributed by atoms with Gasteiger partial charge in [0, 0.05) is 13.5 Å². The molecule has 4 heteroatoms. The van der Waals surface area contributed by atoms with E-state index in [-0.39, 0.29) is 6.42 Å². The summed E-state index contributed by atoms with van der Waals surface area (Å²) >= 11 is 0. The van der Waals surface area contributed by atoms with Gasteiger partial charge in [-0.2, -0.15) is 0 Å². The van der Waals surface area contributed by atoms with Crippen LogP contribution in [0, 0.1) is 0 Å². The number of carbonyl (C=O) groups excluding carboxylic acids is 2. The third-order valence-electron chi connectivity index (χ3n) is 0.865. The van der Waals surface area contributed by atoms with Gasteiger partial charge in [-0.3, -0.25) is 4.79 Å². The Hall–Kier alpha value is -1.06. The van der Waals surface area contributed by atoms with Crippen molar-refractivity contribution in [2.75, 3.05) is 7.05 Å². The first-order valence-corrected chi connectivity index (χ1v) is 3.13. The molecule has 4 nitrogen and oxygen atoms in total. The Kier molecular flexibility index (Phi) is 4.28. The normalized spacial score (nSPS) is 8.60. The lowest BCUT2D eigenvalue weighted by molar-refractivity contribution is -0.137. The predicted octanol–water partition coefficient (Wildman–Crippen LogP) is 0.669. The molecule has 0 aliphatic heterocycles. The van der Waals surface area contributed by atoms with Gasteiger partial charge in [0.2, 0.25) is 0 Å². The van der Waals surface area contributed by atoms with E-state index < -0.39 is 12.1 Å². The lowest BCUT2D eigenvalue weighted by Gasteiger charge is -1.98. The molecule has 0 saturated heterocycles. The van der Waals surface area contributed by atoms with Gasteiger partial charge in [0.1, 0.15) is 0 Å². The summed E-state index contributed by atoms with van der Waals surface area (Å²) in [7, 11) is 1.40. The number of carbonyl (C=O) groups is 2. The second-order valence-corrected chi connectivity index (χ2v) is 1.76. The fraction of sp³-hybridized carbons (Fsp3) is 0.667. The minimum Gasteiger partial charge on any atom is -0.376 e. The van der Waals surface area contributed by atoms with Gasteiger partial charge in [-0.15, -0.1) is 0 Å². The Balaban J connectivity index is 3.47. The molecule has 10 heavy (non-hydrogen) atoms. The van der Waals surface area contributed by atoms with E-state index in [1.807, 2.05) is 6.92 Å². The number of rotatable bonds is 2. The molecular formula is C6H11NO3. The Labute approximate surface area is 59.6 Å². The Morgan fingerprint density at radius 1 is 1.50 bits per heavy atom. The zero-order valence-corrected chi connectivity index (χ0v) is 6.14. The van der Waals surface area contributed by atoms with Gasteiger partial charge in [-0.25, -0.2) is 4.79 Å². The molecule has 58 valence electrons. The summed E-state index contributed by atoms with van der Waals surface area (Å²) < 4.78 is 4.25. The average Bonchev–Trinajstić information content (AvgIpc) is 1.88. The van der Waals surface area contributed by atoms with Gasteiger partial charge >= 0.3 is 12.1 Å². The first-order valence-electron chi connectivity index (χ1n) is 3.13. The minimum atomic E-state index is -0.696. The molecule has 0 aromatic carbocycles. The van der Waals surface area contributed by atoms with E-state index in [0.717, 1.165) is 0 Å². The molecule has 0 aromatic heterocycles. The first kappa shape index (κ1) is 8.94. The molecule has 1 N–H and O–H groups in total. The van der Waals surface area contributed by atoms with E-state index >= 15 is 0 Å². The monoisotopic (exact) mass is 145 g/mol. The highest BCUT2D eigenvalue weighted by Gasteiger charge is 2.05. The summed E-state index contributed by atoms with van der Waals surface area (Å²) in [5.74, 6) is -0.484. The van der Waals surface area contributed by atoms with Crippen LogP contribution in [-0.4, -0.2) is 19.1 Å². The van der Waals surface area contributed by atoms with Crippen molar-refractivity contribution in [3.8, 4) is 0 Å². The highest BCUT2D eigenvalue weighted by atomic mass is 16.6. The fourth-order valence-electron chi connectivity index (χ4n) is 0.410. The van der Waals surface area contributed by atoms with E-state index in [1.54, 1.807) is 0 Å². The third kappa shape index (κ3) is 3.88. The molecule has 0 aliphatic carbocycles. The summed E-state index contributed by atoms with van der Waals surface area (Å²) in [6.45, 7) is 1.84. The first-order chi connectivity index (χ1) is 4.70. The van der Waals surface area contributed by atoms with Crippen LogP contribution in [0.2, 0.25) is 0 Å². The maximum atomic E-state index is 10.5. The van der Waals surface area contributed by atoms with Gasteiger partial charge in [-0.1, -0.05) is 6.92 Å². The van der Waals surface area contributed by atoms with Crippen LogP contribution in [-0.2, 0) is 9.53 Å². The summed E-state index contributed by atoms with van der Waals surface area (Å²) in [4.78, 5) is 20.9. The molecule has 0 saturated carbocycles. The lowest BCUT2D eigenvalue weighted by Crippen LogP contribution is -2.22. The molecule has 0 aliphatic rings. The van der Waals surface area contributed by atoms with Crippen molar-refractivity contribution in [1.29, 1.82) is 0 Å². The molecule has 0 radical (unpaired) electrons. The van der Waals surface area contributed by atoms with Gasteiger partial charge in [0.25, 0.3) is 0 Å². The van der Waals surface area contributed by atoms with E-state index in [4.69, 9.17) is 0 Å². The van der Waals surface area contributed by atoms with Crippen molar-refractivity contribution in [3.63, 3.8) is 0 Å². The quantitative estimate of drug-likeness (QED) is 0.459. The molecule has 0 rings (SSSR count). The zero-order chi connectivity index (χ0) is 7.98. The molecule has 0 bridgehead atoms. The summed E-state index contributed by atoms with van der Waals surface area (Å²) in [6, 6.07) is 0. The highest BCUT2D eigenvalue weighted by molar-refractivity contribution is 5.84. The van der Waals surface area contributed by atoms with E-state index in [1.165, 1.54) is 7.05 Å². The van der Waals surface area contributed by atoms with Gasteiger partial charge < -0.3 is 10.1 Å². The largest absolute Gasteiger partial charge is 0.414 e. The molecule has 1 amide bonds. The molecule has 0 heterocycles. The van der Waals surface area contributed by atoms with Crippen LogP contribution in [0.3, 0.4) is 0 Å². The number of nitrogens with one attached hydrogen (secondary N) is 1. The molecule has 0 fully saturated rings. The molecule has 0 aromatic rings. The Morgan fingerprint density at radius 2 is 2.10 bits per heavy atom. The van der Waals surface area contributed by atoms with E-state index in [0.29, 0.717) is 6.42 Å². The van der Waals surface area contributed by atoms with Crippen LogP contribution in [0.5, 0.6) is 0 Å². The van der Waals surface area contributed by atoms with Crippen molar-refractivity contribution in [3.05, 3.63) is 0 Å². The topological polar surface area (TPSA) is 55.4 Å². The van der Waals surface area contributed by atoms with Crippen molar-refractivity contribution < 1.29 is 14.3 Å². The maximum Gasteiger partial charge on any atom is 0.414 e. The standard InChI is InChI=1S/C6H11NO3/c1-3-4-5(8)10-6(9)7-2/h3-4H2,1-2H3,(H,7,9). The summed E-state index contributed by atoms with van der Waals surface area (Å²) in [5.41, 5.74) is 0. The van der Waals surface area contributed by atoms with Crippen LogP contribution in [0.1, 0.15) is 19.8 Å². The maximum absolute atomic E-state index is 10.5. The third-order valence-corrected chi connectivity index (χ3v) is 0.865. The number of hydrogen-bond donors (Lipinski definition) is 1. The van der Waals surface area contributed by atoms with Crippen molar-refractivity contribution in [2.24, 2.45) is 0 Å². The number of alkyl carbamates (subject to hydrolysis) is 1. The smallest absolute Gasteiger partial charge is 0.376 e. The second-order valence-electron chi connectivity index (χ2n) is 1.76. The van der Waals surface area contributed by atoms with Gasteiger partial charge in [0.05, 0.1) is 0 Å². The fourth-order valence-corrected chi connectivity index (χ4v) is 0.410. The van der Waals surface area contributed by atoms with Crippen molar-refractivity contribution in [1.82, 2.24) is 5.32 Å². The molecule has 0 spiro atoms. The number of esters is 1. The second kappa shape index (κ2) is 4.78. The van der Waals surface area contributed by atoms with E-state index in [9.17, 15) is 9.59 Å². The lowest BCUT2D eigenvalue weighted by atomic mass is 10.3. The van der Waals surface area contributed by atoms with Gasteiger partial charge in [0.15, 0.2) is 0 Å².